The molecule has 1 nitrogen and oxygen atoms in total. The molecule has 0 radical (unpaired) electrons. The summed E-state index contributed by atoms with van der Waals surface area (Å²) in [5.41, 5.74) is 0.0481. The first-order valence-corrected chi connectivity index (χ1v) is 9.64. The van der Waals surface area contributed by atoms with Crippen LogP contribution in [0.3, 0.4) is 0 Å². The maximum atomic E-state index is 9.77. The van der Waals surface area contributed by atoms with Gasteiger partial charge in [0.25, 0.3) is 0 Å². The van der Waals surface area contributed by atoms with Crippen LogP contribution >= 0.6 is 0 Å². The number of nitriles is 1. The lowest BCUT2D eigenvalue weighted by molar-refractivity contribution is 0.0620. The fourth-order valence-corrected chi connectivity index (χ4v) is 5.06. The highest BCUT2D eigenvalue weighted by Crippen LogP contribution is 2.51. The molecule has 2 aliphatic carbocycles. The van der Waals surface area contributed by atoms with Crippen molar-refractivity contribution in [1.82, 2.24) is 0 Å². The van der Waals surface area contributed by atoms with Crippen LogP contribution in [0.25, 0.3) is 0 Å². The minimum atomic E-state index is 0.0481. The van der Waals surface area contributed by atoms with Gasteiger partial charge in [0.2, 0.25) is 0 Å². The van der Waals surface area contributed by atoms with E-state index in [0.717, 1.165) is 17.8 Å². The van der Waals surface area contributed by atoms with Crippen molar-refractivity contribution in [2.75, 3.05) is 0 Å². The Morgan fingerprint density at radius 3 is 2.57 bits per heavy atom. The summed E-state index contributed by atoms with van der Waals surface area (Å²) in [6.07, 6.45) is 17.3. The van der Waals surface area contributed by atoms with E-state index in [1.807, 2.05) is 0 Å². The smallest absolute Gasteiger partial charge is 0.0689 e. The van der Waals surface area contributed by atoms with Crippen molar-refractivity contribution >= 4 is 0 Å². The zero-order chi connectivity index (χ0) is 15.1. The maximum Gasteiger partial charge on any atom is 0.0689 e. The lowest BCUT2D eigenvalue weighted by atomic mass is 9.58. The molecule has 0 bridgehead atoms. The minimum Gasteiger partial charge on any atom is -0.198 e. The molecule has 0 aliphatic heterocycles. The first kappa shape index (κ1) is 16.9. The minimum absolute atomic E-state index is 0.0481. The second-order valence-corrected chi connectivity index (χ2v) is 7.93. The first-order chi connectivity index (χ1) is 10.2. The second kappa shape index (κ2) is 8.21. The number of fused-ring (bicyclic) bond motifs is 1. The van der Waals surface area contributed by atoms with E-state index in [4.69, 9.17) is 0 Å². The molecule has 0 spiro atoms. The van der Waals surface area contributed by atoms with Crippen molar-refractivity contribution in [3.8, 4) is 6.07 Å². The fourth-order valence-electron chi connectivity index (χ4n) is 5.06. The Labute approximate surface area is 132 Å². The van der Waals surface area contributed by atoms with E-state index in [9.17, 15) is 5.26 Å². The first-order valence-electron chi connectivity index (χ1n) is 9.64. The molecule has 2 rings (SSSR count). The molecule has 0 heterocycles. The van der Waals surface area contributed by atoms with Crippen LogP contribution in [-0.2, 0) is 0 Å². The van der Waals surface area contributed by atoms with Crippen molar-refractivity contribution in [2.24, 2.45) is 23.2 Å². The normalized spacial score (nSPS) is 36.0. The lowest BCUT2D eigenvalue weighted by Crippen LogP contribution is -2.36. The molecule has 4 atom stereocenters. The Balaban J connectivity index is 1.85. The van der Waals surface area contributed by atoms with Crippen molar-refractivity contribution in [1.29, 1.82) is 5.26 Å². The zero-order valence-corrected chi connectivity index (χ0v) is 14.4. The fraction of sp³-hybridized carbons (Fsp3) is 0.950. The predicted octanol–water partition coefficient (Wildman–Crippen LogP) is 6.48. The molecular formula is C20H35N. The Morgan fingerprint density at radius 2 is 1.86 bits per heavy atom. The summed E-state index contributed by atoms with van der Waals surface area (Å²) in [4.78, 5) is 0. The van der Waals surface area contributed by atoms with E-state index < -0.39 is 0 Å². The van der Waals surface area contributed by atoms with Gasteiger partial charge in [0.15, 0.2) is 0 Å². The van der Waals surface area contributed by atoms with Crippen LogP contribution in [0.5, 0.6) is 0 Å². The van der Waals surface area contributed by atoms with Crippen molar-refractivity contribution in [3.63, 3.8) is 0 Å². The maximum absolute atomic E-state index is 9.77. The van der Waals surface area contributed by atoms with Gasteiger partial charge in [-0.05, 0) is 56.3 Å². The number of hydrogen-bond donors (Lipinski definition) is 0. The van der Waals surface area contributed by atoms with Gasteiger partial charge < -0.3 is 0 Å². The highest BCUT2D eigenvalue weighted by atomic mass is 14.5. The monoisotopic (exact) mass is 289 g/mol. The molecule has 0 aromatic carbocycles. The SMILES string of the molecule is CCCCCCC1(C#N)CCC2CC(CCC)CCC2C1. The molecule has 0 saturated heterocycles. The van der Waals surface area contributed by atoms with E-state index in [0.29, 0.717) is 0 Å². The molecule has 21 heavy (non-hydrogen) atoms. The standard InChI is InChI=1S/C20H35N/c1-3-5-6-7-12-20(16-21)13-11-18-14-17(8-4-2)9-10-19(18)15-20/h17-19H,3-15H2,1-2H3. The lowest BCUT2D eigenvalue weighted by Gasteiger charge is -2.45. The molecule has 0 N–H and O–H groups in total. The zero-order valence-electron chi connectivity index (χ0n) is 14.4. The number of rotatable bonds is 7. The molecule has 4 unspecified atom stereocenters. The molecule has 1 heteroatoms. The van der Waals surface area contributed by atoms with Crippen LogP contribution < -0.4 is 0 Å². The van der Waals surface area contributed by atoms with Crippen molar-refractivity contribution in [3.05, 3.63) is 0 Å². The summed E-state index contributed by atoms with van der Waals surface area (Å²) in [6, 6.07) is 2.76. The topological polar surface area (TPSA) is 23.8 Å². The van der Waals surface area contributed by atoms with E-state index >= 15 is 0 Å². The average Bonchev–Trinajstić information content (AvgIpc) is 2.52. The van der Waals surface area contributed by atoms with E-state index in [1.54, 1.807) is 0 Å². The van der Waals surface area contributed by atoms with Crippen LogP contribution in [0.1, 0.15) is 97.3 Å². The summed E-state index contributed by atoms with van der Waals surface area (Å²) in [6.45, 7) is 4.59. The third-order valence-corrected chi connectivity index (χ3v) is 6.34. The number of hydrogen-bond acceptors (Lipinski definition) is 1. The van der Waals surface area contributed by atoms with Crippen molar-refractivity contribution in [2.45, 2.75) is 97.3 Å². The van der Waals surface area contributed by atoms with Gasteiger partial charge in [-0.15, -0.1) is 0 Å². The van der Waals surface area contributed by atoms with Crippen LogP contribution in [0.15, 0.2) is 0 Å². The van der Waals surface area contributed by atoms with Gasteiger partial charge in [0, 0.05) is 0 Å². The molecule has 2 aliphatic rings. The third-order valence-electron chi connectivity index (χ3n) is 6.34. The third kappa shape index (κ3) is 4.48. The Hall–Kier alpha value is -0.510. The molecule has 0 aromatic rings. The van der Waals surface area contributed by atoms with Crippen LogP contribution in [0.2, 0.25) is 0 Å². The summed E-state index contributed by atoms with van der Waals surface area (Å²) in [5.74, 6) is 2.82. The molecule has 0 aromatic heterocycles. The van der Waals surface area contributed by atoms with Crippen molar-refractivity contribution < 1.29 is 0 Å². The Morgan fingerprint density at radius 1 is 1.00 bits per heavy atom. The van der Waals surface area contributed by atoms with Gasteiger partial charge in [0.05, 0.1) is 11.5 Å². The Kier molecular flexibility index (Phi) is 6.59. The molecule has 2 saturated carbocycles. The summed E-state index contributed by atoms with van der Waals surface area (Å²) < 4.78 is 0. The quantitative estimate of drug-likeness (QED) is 0.492. The van der Waals surface area contributed by atoms with Gasteiger partial charge in [-0.3, -0.25) is 0 Å². The van der Waals surface area contributed by atoms with Gasteiger partial charge in [0.1, 0.15) is 0 Å². The molecular weight excluding hydrogens is 254 g/mol. The Bertz CT molecular complexity index is 342. The molecule has 120 valence electrons. The second-order valence-electron chi connectivity index (χ2n) is 7.93. The van der Waals surface area contributed by atoms with Gasteiger partial charge >= 0.3 is 0 Å². The predicted molar refractivity (Wildman–Crippen MR) is 89.9 cm³/mol. The molecule has 2 fully saturated rings. The van der Waals surface area contributed by atoms with E-state index in [1.165, 1.54) is 83.5 Å². The average molecular weight is 290 g/mol. The van der Waals surface area contributed by atoms with Crippen LogP contribution in [0, 0.1) is 34.5 Å². The van der Waals surface area contributed by atoms with Gasteiger partial charge in [-0.1, -0.05) is 58.8 Å². The van der Waals surface area contributed by atoms with E-state index in [-0.39, 0.29) is 5.41 Å². The van der Waals surface area contributed by atoms with Gasteiger partial charge in [-0.2, -0.15) is 5.26 Å². The van der Waals surface area contributed by atoms with Gasteiger partial charge in [-0.25, -0.2) is 0 Å². The van der Waals surface area contributed by atoms with Crippen LogP contribution in [0.4, 0.5) is 0 Å². The summed E-state index contributed by atoms with van der Waals surface area (Å²) >= 11 is 0. The highest BCUT2D eigenvalue weighted by molar-refractivity contribution is 5.04. The largest absolute Gasteiger partial charge is 0.198 e. The number of nitrogens with zero attached hydrogens (tertiary/aromatic N) is 1. The van der Waals surface area contributed by atoms with E-state index in [2.05, 4.69) is 19.9 Å². The van der Waals surface area contributed by atoms with Crippen LogP contribution in [-0.4, -0.2) is 0 Å². The summed E-state index contributed by atoms with van der Waals surface area (Å²) in [7, 11) is 0. The number of unbranched alkanes of at least 4 members (excludes halogenated alkanes) is 3. The highest BCUT2D eigenvalue weighted by Gasteiger charge is 2.42. The molecule has 0 amide bonds. The summed E-state index contributed by atoms with van der Waals surface area (Å²) in [5, 5.41) is 9.77.